The van der Waals surface area contributed by atoms with Crippen molar-refractivity contribution in [2.45, 2.75) is 13.0 Å². The Hall–Kier alpha value is -1.66. The molecule has 6 heteroatoms. The first-order valence-electron chi connectivity index (χ1n) is 6.56. The number of hydrogen-bond donors (Lipinski definition) is 0. The van der Waals surface area contributed by atoms with Gasteiger partial charge in [0, 0.05) is 19.2 Å². The highest BCUT2D eigenvalue weighted by Crippen LogP contribution is 2.26. The van der Waals surface area contributed by atoms with Gasteiger partial charge in [-0.05, 0) is 24.4 Å². The zero-order valence-corrected chi connectivity index (χ0v) is 12.1. The molecule has 1 fully saturated rings. The maximum Gasteiger partial charge on any atom is 0.310 e. The minimum Gasteiger partial charge on any atom is -0.469 e. The molecule has 5 nitrogen and oxygen atoms in total. The second kappa shape index (κ2) is 5.76. The van der Waals surface area contributed by atoms with Crippen LogP contribution in [0.1, 0.15) is 12.1 Å². The van der Waals surface area contributed by atoms with Crippen LogP contribution in [-0.4, -0.2) is 36.2 Å². The van der Waals surface area contributed by atoms with E-state index < -0.39 is 0 Å². The largest absolute Gasteiger partial charge is 0.469 e. The molecule has 3 heterocycles. The average molecular weight is 292 g/mol. The van der Waals surface area contributed by atoms with Crippen LogP contribution in [0.4, 0.5) is 0 Å². The van der Waals surface area contributed by atoms with Gasteiger partial charge in [-0.15, -0.1) is 11.3 Å². The summed E-state index contributed by atoms with van der Waals surface area (Å²) in [6.45, 7) is 2.33. The molecule has 1 aliphatic rings. The van der Waals surface area contributed by atoms with Gasteiger partial charge in [-0.3, -0.25) is 9.69 Å². The fraction of sp³-hybridized carbons (Fsp3) is 0.429. The first-order chi connectivity index (χ1) is 9.76. The molecule has 106 valence electrons. The Balaban J connectivity index is 1.61. The predicted octanol–water partition coefficient (Wildman–Crippen LogP) is 2.40. The highest BCUT2D eigenvalue weighted by atomic mass is 32.1. The summed E-state index contributed by atoms with van der Waals surface area (Å²) in [6.07, 6.45) is 0.850. The van der Waals surface area contributed by atoms with E-state index in [4.69, 9.17) is 9.26 Å². The van der Waals surface area contributed by atoms with E-state index in [1.165, 1.54) is 7.11 Å². The third-order valence-electron chi connectivity index (χ3n) is 3.52. The summed E-state index contributed by atoms with van der Waals surface area (Å²) < 4.78 is 10.1. The lowest BCUT2D eigenvalue weighted by Gasteiger charge is -2.12. The highest BCUT2D eigenvalue weighted by Gasteiger charge is 2.29. The summed E-state index contributed by atoms with van der Waals surface area (Å²) >= 11 is 1.63. The zero-order chi connectivity index (χ0) is 13.9. The van der Waals surface area contributed by atoms with Crippen molar-refractivity contribution in [2.24, 2.45) is 5.92 Å². The van der Waals surface area contributed by atoms with Crippen LogP contribution < -0.4 is 0 Å². The Labute approximate surface area is 121 Å². The van der Waals surface area contributed by atoms with Crippen molar-refractivity contribution in [3.63, 3.8) is 0 Å². The molecule has 0 aromatic carbocycles. The molecule has 0 N–H and O–H groups in total. The Morgan fingerprint density at radius 1 is 1.65 bits per heavy atom. The van der Waals surface area contributed by atoms with Gasteiger partial charge in [-0.1, -0.05) is 11.2 Å². The molecule has 0 amide bonds. The van der Waals surface area contributed by atoms with Crippen molar-refractivity contribution < 1.29 is 14.1 Å². The second-order valence-electron chi connectivity index (χ2n) is 4.90. The molecule has 0 spiro atoms. The molecule has 20 heavy (non-hydrogen) atoms. The molecule has 2 aromatic rings. The van der Waals surface area contributed by atoms with Gasteiger partial charge in [-0.2, -0.15) is 0 Å². The molecule has 0 aliphatic carbocycles. The van der Waals surface area contributed by atoms with Gasteiger partial charge in [0.2, 0.25) is 0 Å². The maximum atomic E-state index is 11.5. The molecule has 0 saturated carbocycles. The fourth-order valence-corrected chi connectivity index (χ4v) is 3.16. The molecule has 0 radical (unpaired) electrons. The lowest BCUT2D eigenvalue weighted by atomic mass is 10.1. The molecule has 3 rings (SSSR count). The van der Waals surface area contributed by atoms with E-state index >= 15 is 0 Å². The molecule has 1 aliphatic heterocycles. The number of esters is 1. The normalized spacial score (nSPS) is 19.4. The topological polar surface area (TPSA) is 55.6 Å². The smallest absolute Gasteiger partial charge is 0.310 e. The van der Waals surface area contributed by atoms with E-state index in [2.05, 4.69) is 10.1 Å². The molecular weight excluding hydrogens is 276 g/mol. The van der Waals surface area contributed by atoms with Crippen LogP contribution >= 0.6 is 11.3 Å². The highest BCUT2D eigenvalue weighted by molar-refractivity contribution is 7.13. The summed E-state index contributed by atoms with van der Waals surface area (Å²) in [4.78, 5) is 14.8. The molecule has 1 saturated heterocycles. The second-order valence-corrected chi connectivity index (χ2v) is 5.85. The summed E-state index contributed by atoms with van der Waals surface area (Å²) in [6, 6.07) is 5.97. The van der Waals surface area contributed by atoms with E-state index in [1.54, 1.807) is 11.3 Å². The predicted molar refractivity (Wildman–Crippen MR) is 75.2 cm³/mol. The Kier molecular flexibility index (Phi) is 3.84. The van der Waals surface area contributed by atoms with Crippen molar-refractivity contribution in [2.75, 3.05) is 20.2 Å². The van der Waals surface area contributed by atoms with Crippen LogP contribution in [0.15, 0.2) is 28.1 Å². The van der Waals surface area contributed by atoms with E-state index in [0.29, 0.717) is 6.54 Å². The number of nitrogens with zero attached hydrogens (tertiary/aromatic N) is 2. The van der Waals surface area contributed by atoms with Gasteiger partial charge in [-0.25, -0.2) is 0 Å². The Morgan fingerprint density at radius 3 is 3.30 bits per heavy atom. The van der Waals surface area contributed by atoms with Crippen LogP contribution in [0.5, 0.6) is 0 Å². The fourth-order valence-electron chi connectivity index (χ4n) is 2.49. The van der Waals surface area contributed by atoms with Gasteiger partial charge < -0.3 is 9.26 Å². The maximum absolute atomic E-state index is 11.5. The van der Waals surface area contributed by atoms with Crippen LogP contribution in [0.25, 0.3) is 10.6 Å². The molecule has 1 unspecified atom stereocenters. The van der Waals surface area contributed by atoms with Crippen molar-refractivity contribution in [1.29, 1.82) is 0 Å². The lowest BCUT2D eigenvalue weighted by molar-refractivity contribution is -0.144. The monoisotopic (exact) mass is 292 g/mol. The first kappa shape index (κ1) is 13.3. The Morgan fingerprint density at radius 2 is 2.55 bits per heavy atom. The van der Waals surface area contributed by atoms with Crippen molar-refractivity contribution in [3.05, 3.63) is 29.3 Å². The summed E-state index contributed by atoms with van der Waals surface area (Å²) in [5, 5.41) is 6.11. The van der Waals surface area contributed by atoms with Gasteiger partial charge in [0.25, 0.3) is 0 Å². The molecule has 1 atom stereocenters. The third kappa shape index (κ3) is 2.76. The van der Waals surface area contributed by atoms with E-state index in [1.807, 2.05) is 23.6 Å². The molecule has 0 bridgehead atoms. The van der Waals surface area contributed by atoms with Crippen LogP contribution in [-0.2, 0) is 16.1 Å². The Bertz CT molecular complexity index is 579. The number of carbonyl (C=O) groups excluding carboxylic acids is 1. The quantitative estimate of drug-likeness (QED) is 0.810. The average Bonchev–Trinajstić information content (AvgIpc) is 3.19. The van der Waals surface area contributed by atoms with Gasteiger partial charge in [0.05, 0.1) is 23.6 Å². The summed E-state index contributed by atoms with van der Waals surface area (Å²) in [7, 11) is 1.44. The van der Waals surface area contributed by atoms with E-state index in [-0.39, 0.29) is 11.9 Å². The van der Waals surface area contributed by atoms with Crippen molar-refractivity contribution >= 4 is 17.3 Å². The number of aromatic nitrogens is 1. The molecular formula is C14H16N2O3S. The number of likely N-dealkylation sites (tertiary alicyclic amines) is 1. The summed E-state index contributed by atoms with van der Waals surface area (Å²) in [5.74, 6) is 0.675. The zero-order valence-electron chi connectivity index (χ0n) is 11.2. The summed E-state index contributed by atoms with van der Waals surface area (Å²) in [5.41, 5.74) is 0.902. The van der Waals surface area contributed by atoms with Gasteiger partial charge in [0.15, 0.2) is 5.76 Å². The minimum absolute atomic E-state index is 0.0105. The number of thiophene rings is 1. The van der Waals surface area contributed by atoms with Crippen LogP contribution in [0.2, 0.25) is 0 Å². The number of methoxy groups -OCH3 is 1. The van der Waals surface area contributed by atoms with Crippen molar-refractivity contribution in [1.82, 2.24) is 10.1 Å². The number of carbonyl (C=O) groups is 1. The number of hydrogen-bond acceptors (Lipinski definition) is 6. The van der Waals surface area contributed by atoms with Crippen LogP contribution in [0, 0.1) is 5.92 Å². The lowest BCUT2D eigenvalue weighted by Crippen LogP contribution is -2.23. The van der Waals surface area contributed by atoms with Crippen LogP contribution in [0.3, 0.4) is 0 Å². The number of ether oxygens (including phenoxy) is 1. The number of rotatable bonds is 4. The van der Waals surface area contributed by atoms with Gasteiger partial charge >= 0.3 is 5.97 Å². The van der Waals surface area contributed by atoms with Crippen molar-refractivity contribution in [3.8, 4) is 10.6 Å². The SMILES string of the molecule is COC(=O)C1CCN(Cc2cc(-c3cccs3)on2)C1. The van der Waals surface area contributed by atoms with E-state index in [0.717, 1.165) is 35.8 Å². The van der Waals surface area contributed by atoms with E-state index in [9.17, 15) is 4.79 Å². The standard InChI is InChI=1S/C14H16N2O3S/c1-18-14(17)10-4-5-16(8-10)9-11-7-12(19-15-11)13-3-2-6-20-13/h2-3,6-7,10H,4-5,8-9H2,1H3. The first-order valence-corrected chi connectivity index (χ1v) is 7.44. The third-order valence-corrected chi connectivity index (χ3v) is 4.40. The minimum atomic E-state index is -0.119. The van der Waals surface area contributed by atoms with Gasteiger partial charge in [0.1, 0.15) is 0 Å². The molecule has 2 aromatic heterocycles.